The fourth-order valence-corrected chi connectivity index (χ4v) is 4.21. The van der Waals surface area contributed by atoms with Gasteiger partial charge in [-0.15, -0.1) is 0 Å². The van der Waals surface area contributed by atoms with Gasteiger partial charge in [0.15, 0.2) is 11.6 Å². The lowest BCUT2D eigenvalue weighted by molar-refractivity contribution is 0.508. The molecule has 0 radical (unpaired) electrons. The molecule has 0 saturated heterocycles. The number of aryl methyl sites for hydroxylation is 2. The van der Waals surface area contributed by atoms with Crippen molar-refractivity contribution in [2.45, 2.75) is 51.4 Å². The van der Waals surface area contributed by atoms with Crippen LogP contribution < -0.4 is 0 Å². The van der Waals surface area contributed by atoms with E-state index in [0.717, 1.165) is 48.9 Å². The lowest BCUT2D eigenvalue weighted by Crippen LogP contribution is -2.13. The molecule has 0 N–H and O–H groups in total. The Morgan fingerprint density at radius 3 is 2.39 bits per heavy atom. The van der Waals surface area contributed by atoms with Gasteiger partial charge in [-0.25, -0.2) is 13.2 Å². The molecular weight excluding hydrogens is 393 g/mol. The quantitative estimate of drug-likeness (QED) is 0.396. The van der Waals surface area contributed by atoms with E-state index in [4.69, 9.17) is 0 Å². The third-order valence-corrected chi connectivity index (χ3v) is 6.05. The Labute approximate surface area is 182 Å². The Bertz CT molecular complexity index is 1130. The first kappa shape index (κ1) is 21.2. The van der Waals surface area contributed by atoms with Gasteiger partial charge in [0.2, 0.25) is 0 Å². The van der Waals surface area contributed by atoms with Crippen LogP contribution in [-0.2, 0) is 19.3 Å². The molecular formula is C28H25F3. The van der Waals surface area contributed by atoms with Crippen LogP contribution in [0.1, 0.15) is 65.5 Å². The Hall–Kier alpha value is -2.99. The normalized spacial score (nSPS) is 15.2. The minimum absolute atomic E-state index is 0.294. The van der Waals surface area contributed by atoms with E-state index in [-0.39, 0.29) is 5.82 Å². The van der Waals surface area contributed by atoms with Gasteiger partial charge in [-0.2, -0.15) is 0 Å². The number of rotatable bonds is 4. The zero-order valence-corrected chi connectivity index (χ0v) is 17.7. The van der Waals surface area contributed by atoms with Crippen molar-refractivity contribution in [2.24, 2.45) is 0 Å². The van der Waals surface area contributed by atoms with E-state index in [0.29, 0.717) is 17.0 Å². The van der Waals surface area contributed by atoms with Crippen molar-refractivity contribution in [3.8, 4) is 11.8 Å². The van der Waals surface area contributed by atoms with Gasteiger partial charge in [0, 0.05) is 5.56 Å². The molecule has 0 amide bonds. The zero-order valence-electron chi connectivity index (χ0n) is 17.7. The second-order valence-corrected chi connectivity index (χ2v) is 8.26. The van der Waals surface area contributed by atoms with Crippen LogP contribution in [0.5, 0.6) is 0 Å². The summed E-state index contributed by atoms with van der Waals surface area (Å²) in [6.07, 6.45) is 6.22. The molecule has 0 fully saturated rings. The first-order valence-electron chi connectivity index (χ1n) is 10.9. The maximum atomic E-state index is 14.7. The monoisotopic (exact) mass is 418 g/mol. The van der Waals surface area contributed by atoms with Crippen molar-refractivity contribution >= 4 is 0 Å². The van der Waals surface area contributed by atoms with Crippen molar-refractivity contribution < 1.29 is 13.2 Å². The SMILES string of the molecule is CCCCc1ccc(C2CCc3cc(C#Cc4ccc(F)c(F)c4)c(F)cc3C2)cc1. The molecule has 4 rings (SSSR count). The van der Waals surface area contributed by atoms with E-state index in [1.807, 2.05) is 6.07 Å². The number of fused-ring (bicyclic) bond motifs is 1. The van der Waals surface area contributed by atoms with Crippen molar-refractivity contribution in [3.05, 3.63) is 105 Å². The largest absolute Gasteiger partial charge is 0.206 e. The lowest BCUT2D eigenvalue weighted by atomic mass is 9.79. The summed E-state index contributed by atoms with van der Waals surface area (Å²) >= 11 is 0. The average molecular weight is 419 g/mol. The molecule has 1 aliphatic carbocycles. The van der Waals surface area contributed by atoms with Crippen LogP contribution >= 0.6 is 0 Å². The van der Waals surface area contributed by atoms with E-state index in [9.17, 15) is 13.2 Å². The molecule has 0 aliphatic heterocycles. The summed E-state index contributed by atoms with van der Waals surface area (Å²) in [5.74, 6) is 3.66. The first-order chi connectivity index (χ1) is 15.0. The Balaban J connectivity index is 1.51. The molecule has 0 bridgehead atoms. The molecule has 0 nitrogen and oxygen atoms in total. The minimum Gasteiger partial charge on any atom is -0.206 e. The van der Waals surface area contributed by atoms with E-state index < -0.39 is 11.6 Å². The van der Waals surface area contributed by atoms with Crippen molar-refractivity contribution in [1.82, 2.24) is 0 Å². The highest BCUT2D eigenvalue weighted by molar-refractivity contribution is 5.48. The molecule has 158 valence electrons. The zero-order chi connectivity index (χ0) is 21.8. The van der Waals surface area contributed by atoms with Gasteiger partial charge in [-0.1, -0.05) is 49.5 Å². The van der Waals surface area contributed by atoms with Crippen molar-refractivity contribution in [1.29, 1.82) is 0 Å². The predicted molar refractivity (Wildman–Crippen MR) is 119 cm³/mol. The number of hydrogen-bond acceptors (Lipinski definition) is 0. The van der Waals surface area contributed by atoms with Crippen LogP contribution in [0.15, 0.2) is 54.6 Å². The van der Waals surface area contributed by atoms with Crippen LogP contribution in [0.2, 0.25) is 0 Å². The highest BCUT2D eigenvalue weighted by atomic mass is 19.2. The van der Waals surface area contributed by atoms with Gasteiger partial charge >= 0.3 is 0 Å². The fraction of sp³-hybridized carbons (Fsp3) is 0.286. The Kier molecular flexibility index (Phi) is 6.47. The van der Waals surface area contributed by atoms with E-state index >= 15 is 0 Å². The Morgan fingerprint density at radius 1 is 0.839 bits per heavy atom. The molecule has 3 heteroatoms. The highest BCUT2D eigenvalue weighted by Crippen LogP contribution is 2.34. The fourth-order valence-electron chi connectivity index (χ4n) is 4.21. The standard InChI is InChI=1S/C28H25F3/c1-2-3-4-19-5-9-21(10-6-19)22-12-13-23-16-24(27(30)18-25(23)17-22)11-7-20-8-14-26(29)28(31)15-20/h5-6,8-10,14-16,18,22H,2-4,12-13,17H2,1H3. The molecule has 3 aromatic carbocycles. The number of benzene rings is 3. The van der Waals surface area contributed by atoms with Crippen LogP contribution in [0.3, 0.4) is 0 Å². The van der Waals surface area contributed by atoms with Gasteiger partial charge < -0.3 is 0 Å². The summed E-state index contributed by atoms with van der Waals surface area (Å²) in [6.45, 7) is 2.20. The minimum atomic E-state index is -0.956. The summed E-state index contributed by atoms with van der Waals surface area (Å²) in [4.78, 5) is 0. The van der Waals surface area contributed by atoms with Gasteiger partial charge in [0.05, 0.1) is 5.56 Å². The number of halogens is 3. The maximum Gasteiger partial charge on any atom is 0.160 e. The molecule has 1 aliphatic rings. The van der Waals surface area contributed by atoms with E-state index in [2.05, 4.69) is 43.0 Å². The highest BCUT2D eigenvalue weighted by Gasteiger charge is 2.21. The van der Waals surface area contributed by atoms with E-state index in [1.54, 1.807) is 6.07 Å². The van der Waals surface area contributed by atoms with Crippen LogP contribution in [0.4, 0.5) is 13.2 Å². The second-order valence-electron chi connectivity index (χ2n) is 8.26. The molecule has 0 heterocycles. The van der Waals surface area contributed by atoms with Crippen LogP contribution in [0, 0.1) is 29.3 Å². The second kappa shape index (κ2) is 9.43. The molecule has 31 heavy (non-hydrogen) atoms. The summed E-state index contributed by atoms with van der Waals surface area (Å²) < 4.78 is 41.1. The summed E-state index contributed by atoms with van der Waals surface area (Å²) in [5, 5.41) is 0. The molecule has 1 atom stereocenters. The average Bonchev–Trinajstić information content (AvgIpc) is 2.78. The summed E-state index contributed by atoms with van der Waals surface area (Å²) in [6, 6.07) is 15.7. The topological polar surface area (TPSA) is 0 Å². The summed E-state index contributed by atoms with van der Waals surface area (Å²) in [7, 11) is 0. The first-order valence-corrected chi connectivity index (χ1v) is 10.9. The Morgan fingerprint density at radius 2 is 1.65 bits per heavy atom. The van der Waals surface area contributed by atoms with Gasteiger partial charge in [0.1, 0.15) is 5.82 Å². The molecule has 0 saturated carbocycles. The number of hydrogen-bond donors (Lipinski definition) is 0. The van der Waals surface area contributed by atoms with Crippen LogP contribution in [0.25, 0.3) is 0 Å². The third kappa shape index (κ3) is 5.02. The van der Waals surface area contributed by atoms with E-state index in [1.165, 1.54) is 30.0 Å². The van der Waals surface area contributed by atoms with Crippen molar-refractivity contribution in [2.75, 3.05) is 0 Å². The number of unbranched alkanes of at least 4 members (excludes halogenated alkanes) is 1. The van der Waals surface area contributed by atoms with Gasteiger partial charge in [-0.05, 0) is 90.6 Å². The summed E-state index contributed by atoms with van der Waals surface area (Å²) in [5.41, 5.74) is 5.44. The van der Waals surface area contributed by atoms with Crippen LogP contribution in [-0.4, -0.2) is 0 Å². The molecule has 0 aromatic heterocycles. The van der Waals surface area contributed by atoms with Gasteiger partial charge in [0.25, 0.3) is 0 Å². The molecule has 3 aromatic rings. The third-order valence-electron chi connectivity index (χ3n) is 6.05. The molecule has 1 unspecified atom stereocenters. The predicted octanol–water partition coefficient (Wildman–Crippen LogP) is 7.12. The maximum absolute atomic E-state index is 14.7. The van der Waals surface area contributed by atoms with Crippen molar-refractivity contribution in [3.63, 3.8) is 0 Å². The molecule has 0 spiro atoms. The van der Waals surface area contributed by atoms with Gasteiger partial charge in [-0.3, -0.25) is 0 Å². The lowest BCUT2D eigenvalue weighted by Gasteiger charge is -2.25. The smallest absolute Gasteiger partial charge is 0.160 e.